The number of thioether (sulfide) groups is 1. The summed E-state index contributed by atoms with van der Waals surface area (Å²) in [5.74, 6) is -0.0862. The van der Waals surface area contributed by atoms with Crippen LogP contribution in [0.2, 0.25) is 0 Å². The molecule has 0 aliphatic heterocycles. The van der Waals surface area contributed by atoms with Crippen LogP contribution in [0.3, 0.4) is 0 Å². The number of nitrogens with one attached hydrogen (secondary N) is 1. The predicted octanol–water partition coefficient (Wildman–Crippen LogP) is 4.19. The zero-order valence-electron chi connectivity index (χ0n) is 10.6. The number of hydrogen-bond donors (Lipinski definition) is 1. The average Bonchev–Trinajstić information content (AvgIpc) is 2.32. The van der Waals surface area contributed by atoms with E-state index in [-0.39, 0.29) is 35.9 Å². The Kier molecular flexibility index (Phi) is 6.54. The van der Waals surface area contributed by atoms with Gasteiger partial charge in [0.05, 0.1) is 0 Å². The van der Waals surface area contributed by atoms with E-state index >= 15 is 0 Å². The molecule has 1 N–H and O–H groups in total. The maximum Gasteiger partial charge on any atom is 0.441 e. The molecule has 0 amide bonds. The summed E-state index contributed by atoms with van der Waals surface area (Å²) in [6.07, 6.45) is 0. The van der Waals surface area contributed by atoms with E-state index in [1.54, 1.807) is 19.1 Å². The highest BCUT2D eigenvalue weighted by Gasteiger charge is 2.27. The third kappa shape index (κ3) is 6.95. The third-order valence-corrected chi connectivity index (χ3v) is 3.14. The van der Waals surface area contributed by atoms with Crippen LogP contribution >= 0.6 is 11.8 Å². The Labute approximate surface area is 117 Å². The smallest absolute Gasteiger partial charge is 0.435 e. The fourth-order valence-corrected chi connectivity index (χ4v) is 1.97. The Morgan fingerprint density at radius 2 is 2.00 bits per heavy atom. The van der Waals surface area contributed by atoms with Gasteiger partial charge in [0, 0.05) is 18.3 Å². The molecule has 0 spiro atoms. The molecule has 0 aromatic heterocycles. The Morgan fingerprint density at radius 3 is 2.60 bits per heavy atom. The van der Waals surface area contributed by atoms with Gasteiger partial charge >= 0.3 is 12.1 Å². The first-order chi connectivity index (χ1) is 9.28. The summed E-state index contributed by atoms with van der Waals surface area (Å²) in [7, 11) is 0. The first kappa shape index (κ1) is 17.0. The standard InChI is InChI=1S/C12H14F5NOS/c1-8(18-5-6-20-12(15,16)17)9-3-2-4-10(7-9)19-11(13)14/h2-4,7-8,11,18H,5-6H2,1H3. The minimum Gasteiger partial charge on any atom is -0.435 e. The van der Waals surface area contributed by atoms with Crippen LogP contribution in [0.4, 0.5) is 22.0 Å². The van der Waals surface area contributed by atoms with Gasteiger partial charge in [0.15, 0.2) is 0 Å². The number of halogens is 5. The second kappa shape index (κ2) is 7.68. The van der Waals surface area contributed by atoms with E-state index in [9.17, 15) is 22.0 Å². The SMILES string of the molecule is CC(NCCSC(F)(F)F)c1cccc(OC(F)F)c1. The van der Waals surface area contributed by atoms with Crippen molar-refractivity contribution in [2.24, 2.45) is 0 Å². The zero-order chi connectivity index (χ0) is 15.2. The summed E-state index contributed by atoms with van der Waals surface area (Å²) in [5, 5.41) is 2.89. The van der Waals surface area contributed by atoms with Crippen molar-refractivity contribution in [3.8, 4) is 5.75 Å². The third-order valence-electron chi connectivity index (χ3n) is 2.40. The van der Waals surface area contributed by atoms with Crippen molar-refractivity contribution >= 4 is 11.8 Å². The Bertz CT molecular complexity index is 413. The molecule has 0 saturated carbocycles. The lowest BCUT2D eigenvalue weighted by Gasteiger charge is -2.15. The molecule has 1 rings (SSSR count). The molecule has 1 atom stereocenters. The van der Waals surface area contributed by atoms with Crippen LogP contribution in [0.15, 0.2) is 24.3 Å². The van der Waals surface area contributed by atoms with Crippen LogP contribution in [0.5, 0.6) is 5.75 Å². The van der Waals surface area contributed by atoms with Gasteiger partial charge in [0.2, 0.25) is 0 Å². The maximum absolute atomic E-state index is 12.1. The number of alkyl halides is 5. The molecular weight excluding hydrogens is 301 g/mol. The second-order valence-corrected chi connectivity index (χ2v) is 5.08. The highest BCUT2D eigenvalue weighted by atomic mass is 32.2. The first-order valence-electron chi connectivity index (χ1n) is 5.77. The van der Waals surface area contributed by atoms with Crippen LogP contribution in [-0.2, 0) is 0 Å². The van der Waals surface area contributed by atoms with Gasteiger partial charge in [-0.25, -0.2) is 0 Å². The van der Waals surface area contributed by atoms with Crippen molar-refractivity contribution in [3.63, 3.8) is 0 Å². The summed E-state index contributed by atoms with van der Waals surface area (Å²) in [6, 6.07) is 5.80. The quantitative estimate of drug-likeness (QED) is 0.602. The number of rotatable bonds is 7. The van der Waals surface area contributed by atoms with Gasteiger partial charge in [-0.2, -0.15) is 22.0 Å². The van der Waals surface area contributed by atoms with E-state index in [4.69, 9.17) is 0 Å². The van der Waals surface area contributed by atoms with Crippen molar-refractivity contribution < 1.29 is 26.7 Å². The minimum absolute atomic E-state index is 0.0239. The molecule has 0 aliphatic carbocycles. The molecule has 0 heterocycles. The van der Waals surface area contributed by atoms with E-state index in [2.05, 4.69) is 10.1 Å². The molecular formula is C12H14F5NOS. The predicted molar refractivity (Wildman–Crippen MR) is 68.0 cm³/mol. The molecule has 20 heavy (non-hydrogen) atoms. The van der Waals surface area contributed by atoms with Crippen LogP contribution < -0.4 is 10.1 Å². The Morgan fingerprint density at radius 1 is 1.30 bits per heavy atom. The lowest BCUT2D eigenvalue weighted by Crippen LogP contribution is -2.22. The summed E-state index contributed by atoms with van der Waals surface area (Å²) in [4.78, 5) is 0. The van der Waals surface area contributed by atoms with Gasteiger partial charge < -0.3 is 10.1 Å². The lowest BCUT2D eigenvalue weighted by atomic mass is 10.1. The van der Waals surface area contributed by atoms with Crippen molar-refractivity contribution in [3.05, 3.63) is 29.8 Å². The van der Waals surface area contributed by atoms with Crippen LogP contribution in [0, 0.1) is 0 Å². The summed E-state index contributed by atoms with van der Waals surface area (Å²) < 4.78 is 64.2. The largest absolute Gasteiger partial charge is 0.441 e. The Hall–Kier alpha value is -1.02. The van der Waals surface area contributed by atoms with Crippen molar-refractivity contribution in [2.75, 3.05) is 12.3 Å². The van der Waals surface area contributed by atoms with E-state index in [1.165, 1.54) is 12.1 Å². The molecule has 8 heteroatoms. The molecule has 1 aromatic rings. The fourth-order valence-electron chi connectivity index (χ4n) is 1.52. The topological polar surface area (TPSA) is 21.3 Å². The lowest BCUT2D eigenvalue weighted by molar-refractivity contribution is -0.0499. The molecule has 1 aromatic carbocycles. The zero-order valence-corrected chi connectivity index (χ0v) is 11.4. The number of benzene rings is 1. The van der Waals surface area contributed by atoms with Gasteiger partial charge in [-0.15, -0.1) is 0 Å². The second-order valence-electron chi connectivity index (χ2n) is 3.92. The fraction of sp³-hybridized carbons (Fsp3) is 0.500. The monoisotopic (exact) mass is 315 g/mol. The highest BCUT2D eigenvalue weighted by molar-refractivity contribution is 8.00. The maximum atomic E-state index is 12.1. The number of ether oxygens (including phenoxy) is 1. The molecule has 0 bridgehead atoms. The Balaban J connectivity index is 2.44. The van der Waals surface area contributed by atoms with Crippen molar-refractivity contribution in [1.82, 2.24) is 5.32 Å². The van der Waals surface area contributed by atoms with E-state index in [0.29, 0.717) is 5.56 Å². The van der Waals surface area contributed by atoms with Gasteiger partial charge in [-0.1, -0.05) is 12.1 Å². The summed E-state index contributed by atoms with van der Waals surface area (Å²) in [6.45, 7) is -1.01. The highest BCUT2D eigenvalue weighted by Crippen LogP contribution is 2.29. The van der Waals surface area contributed by atoms with E-state index in [0.717, 1.165) is 0 Å². The van der Waals surface area contributed by atoms with Gasteiger partial charge in [-0.3, -0.25) is 0 Å². The first-order valence-corrected chi connectivity index (χ1v) is 6.75. The van der Waals surface area contributed by atoms with E-state index < -0.39 is 12.1 Å². The van der Waals surface area contributed by atoms with Crippen molar-refractivity contribution in [2.45, 2.75) is 25.1 Å². The normalized spacial score (nSPS) is 13.6. The summed E-state index contributed by atoms with van der Waals surface area (Å²) >= 11 is -0.104. The molecule has 0 saturated heterocycles. The molecule has 0 aliphatic rings. The number of hydrogen-bond acceptors (Lipinski definition) is 3. The van der Waals surface area contributed by atoms with Crippen LogP contribution in [0.25, 0.3) is 0 Å². The van der Waals surface area contributed by atoms with Crippen LogP contribution in [0.1, 0.15) is 18.5 Å². The molecule has 114 valence electrons. The molecule has 1 unspecified atom stereocenters. The summed E-state index contributed by atoms with van der Waals surface area (Å²) in [5.41, 5.74) is -3.57. The molecule has 0 fully saturated rings. The van der Waals surface area contributed by atoms with Gasteiger partial charge in [0.1, 0.15) is 5.75 Å². The molecule has 2 nitrogen and oxygen atoms in total. The van der Waals surface area contributed by atoms with E-state index in [1.807, 2.05) is 0 Å². The van der Waals surface area contributed by atoms with Gasteiger partial charge in [0.25, 0.3) is 0 Å². The average molecular weight is 315 g/mol. The molecule has 0 radical (unpaired) electrons. The minimum atomic E-state index is -4.24. The van der Waals surface area contributed by atoms with Crippen LogP contribution in [-0.4, -0.2) is 24.4 Å². The van der Waals surface area contributed by atoms with Crippen molar-refractivity contribution in [1.29, 1.82) is 0 Å². The van der Waals surface area contributed by atoms with Gasteiger partial charge in [-0.05, 0) is 36.4 Å².